The number of unbranched alkanes of at least 4 members (excludes halogenated alkanes) is 4. The lowest BCUT2D eigenvalue weighted by Crippen LogP contribution is -2.38. The fourth-order valence-corrected chi connectivity index (χ4v) is 4.24. The molecule has 0 amide bonds. The maximum Gasteiger partial charge on any atom is 0.0102 e. The van der Waals surface area contributed by atoms with Gasteiger partial charge in [-0.15, -0.1) is 0 Å². The van der Waals surface area contributed by atoms with Crippen LogP contribution in [0.3, 0.4) is 0 Å². The molecule has 0 bridgehead atoms. The van der Waals surface area contributed by atoms with Gasteiger partial charge in [0.15, 0.2) is 0 Å². The standard InChI is InChI=1S/C17H33N/c1-3-5-7-8-10-16-12-14-17-13-11-15(18(16)17)9-6-4-2/h15-17H,3-14H2,1-2H3/t15-,16+,17?/m1/s1. The van der Waals surface area contributed by atoms with E-state index in [0.717, 1.165) is 18.1 Å². The molecule has 2 aliphatic rings. The van der Waals surface area contributed by atoms with Gasteiger partial charge < -0.3 is 0 Å². The van der Waals surface area contributed by atoms with Crippen LogP contribution in [-0.4, -0.2) is 23.0 Å². The van der Waals surface area contributed by atoms with Crippen molar-refractivity contribution < 1.29 is 0 Å². The normalized spacial score (nSPS) is 32.0. The van der Waals surface area contributed by atoms with Gasteiger partial charge >= 0.3 is 0 Å². The summed E-state index contributed by atoms with van der Waals surface area (Å²) in [5.74, 6) is 0. The molecule has 0 saturated carbocycles. The van der Waals surface area contributed by atoms with Crippen LogP contribution in [0.2, 0.25) is 0 Å². The van der Waals surface area contributed by atoms with Crippen molar-refractivity contribution in [3.8, 4) is 0 Å². The average molecular weight is 251 g/mol. The quantitative estimate of drug-likeness (QED) is 0.540. The topological polar surface area (TPSA) is 3.24 Å². The van der Waals surface area contributed by atoms with Crippen LogP contribution in [0.4, 0.5) is 0 Å². The van der Waals surface area contributed by atoms with Gasteiger partial charge in [0, 0.05) is 18.1 Å². The maximum absolute atomic E-state index is 2.96. The average Bonchev–Trinajstić information content (AvgIpc) is 2.95. The minimum atomic E-state index is 0.952. The third kappa shape index (κ3) is 3.50. The molecule has 1 unspecified atom stereocenters. The number of hydrogen-bond acceptors (Lipinski definition) is 1. The van der Waals surface area contributed by atoms with E-state index in [1.54, 1.807) is 0 Å². The van der Waals surface area contributed by atoms with Crippen molar-refractivity contribution in [2.75, 3.05) is 0 Å². The van der Waals surface area contributed by atoms with Crippen molar-refractivity contribution in [1.82, 2.24) is 4.90 Å². The SMILES string of the molecule is CCCCCC[C@H]1CCC2CC[C@@H](CCCC)N21. The van der Waals surface area contributed by atoms with E-state index in [1.165, 1.54) is 77.0 Å². The molecule has 2 rings (SSSR count). The minimum absolute atomic E-state index is 0.952. The maximum atomic E-state index is 2.96. The number of nitrogens with zero attached hydrogens (tertiary/aromatic N) is 1. The lowest BCUT2D eigenvalue weighted by atomic mass is 10.0. The van der Waals surface area contributed by atoms with Crippen molar-refractivity contribution in [2.45, 2.75) is 109 Å². The van der Waals surface area contributed by atoms with Crippen LogP contribution in [0.15, 0.2) is 0 Å². The highest BCUT2D eigenvalue weighted by atomic mass is 15.3. The van der Waals surface area contributed by atoms with E-state index in [-0.39, 0.29) is 0 Å². The first kappa shape index (κ1) is 14.4. The van der Waals surface area contributed by atoms with Crippen LogP contribution in [0.5, 0.6) is 0 Å². The predicted octanol–water partition coefficient (Wildman–Crippen LogP) is 5.14. The summed E-state index contributed by atoms with van der Waals surface area (Å²) in [6.45, 7) is 4.64. The van der Waals surface area contributed by atoms with E-state index < -0.39 is 0 Å². The second kappa shape index (κ2) is 7.53. The fourth-order valence-electron chi connectivity index (χ4n) is 4.24. The molecule has 18 heavy (non-hydrogen) atoms. The number of rotatable bonds is 8. The van der Waals surface area contributed by atoms with Gasteiger partial charge in [0.25, 0.3) is 0 Å². The molecule has 106 valence electrons. The summed E-state index contributed by atoms with van der Waals surface area (Å²) in [6.07, 6.45) is 17.5. The summed E-state index contributed by atoms with van der Waals surface area (Å²) in [6, 6.07) is 2.88. The molecule has 3 atom stereocenters. The summed E-state index contributed by atoms with van der Waals surface area (Å²) in [7, 11) is 0. The monoisotopic (exact) mass is 251 g/mol. The van der Waals surface area contributed by atoms with E-state index >= 15 is 0 Å². The molecule has 1 nitrogen and oxygen atoms in total. The van der Waals surface area contributed by atoms with E-state index in [4.69, 9.17) is 0 Å². The van der Waals surface area contributed by atoms with Crippen molar-refractivity contribution in [1.29, 1.82) is 0 Å². The summed E-state index contributed by atoms with van der Waals surface area (Å²) in [5, 5.41) is 0. The molecule has 0 N–H and O–H groups in total. The summed E-state index contributed by atoms with van der Waals surface area (Å²) in [4.78, 5) is 2.96. The Kier molecular flexibility index (Phi) is 6.01. The minimum Gasteiger partial charge on any atom is -0.294 e. The van der Waals surface area contributed by atoms with Gasteiger partial charge in [0.2, 0.25) is 0 Å². The Labute approximate surface area is 114 Å². The van der Waals surface area contributed by atoms with Crippen molar-refractivity contribution >= 4 is 0 Å². The van der Waals surface area contributed by atoms with Crippen LogP contribution in [0.25, 0.3) is 0 Å². The molecule has 0 aromatic rings. The smallest absolute Gasteiger partial charge is 0.0102 e. The number of fused-ring (bicyclic) bond motifs is 1. The Bertz CT molecular complexity index is 226. The molecular weight excluding hydrogens is 218 g/mol. The molecule has 1 heteroatoms. The zero-order valence-electron chi connectivity index (χ0n) is 12.7. The van der Waals surface area contributed by atoms with Gasteiger partial charge in [-0.3, -0.25) is 4.90 Å². The van der Waals surface area contributed by atoms with E-state index in [0.29, 0.717) is 0 Å². The zero-order chi connectivity index (χ0) is 12.8. The van der Waals surface area contributed by atoms with Crippen molar-refractivity contribution in [3.63, 3.8) is 0 Å². The lowest BCUT2D eigenvalue weighted by Gasteiger charge is -2.31. The first-order chi connectivity index (χ1) is 8.86. The van der Waals surface area contributed by atoms with Crippen LogP contribution >= 0.6 is 0 Å². The first-order valence-electron chi connectivity index (χ1n) is 8.64. The lowest BCUT2D eigenvalue weighted by molar-refractivity contribution is 0.161. The highest BCUT2D eigenvalue weighted by Gasteiger charge is 2.41. The van der Waals surface area contributed by atoms with Crippen molar-refractivity contribution in [3.05, 3.63) is 0 Å². The Morgan fingerprint density at radius 3 is 1.94 bits per heavy atom. The molecule has 0 spiro atoms. The Morgan fingerprint density at radius 2 is 1.33 bits per heavy atom. The molecule has 2 fully saturated rings. The van der Waals surface area contributed by atoms with E-state index in [2.05, 4.69) is 18.7 Å². The molecular formula is C17H33N. The molecule has 2 aliphatic heterocycles. The van der Waals surface area contributed by atoms with E-state index in [9.17, 15) is 0 Å². The van der Waals surface area contributed by atoms with Crippen LogP contribution in [0, 0.1) is 0 Å². The third-order valence-corrected chi connectivity index (χ3v) is 5.21. The molecule has 0 aliphatic carbocycles. The van der Waals surface area contributed by atoms with Gasteiger partial charge in [0.05, 0.1) is 0 Å². The third-order valence-electron chi connectivity index (χ3n) is 5.21. The predicted molar refractivity (Wildman–Crippen MR) is 80.0 cm³/mol. The second-order valence-corrected chi connectivity index (χ2v) is 6.55. The van der Waals surface area contributed by atoms with E-state index in [1.807, 2.05) is 0 Å². The van der Waals surface area contributed by atoms with Crippen molar-refractivity contribution in [2.24, 2.45) is 0 Å². The summed E-state index contributed by atoms with van der Waals surface area (Å²) < 4.78 is 0. The number of hydrogen-bond donors (Lipinski definition) is 0. The second-order valence-electron chi connectivity index (χ2n) is 6.55. The Hall–Kier alpha value is -0.0400. The summed E-state index contributed by atoms with van der Waals surface area (Å²) >= 11 is 0. The molecule has 0 radical (unpaired) electrons. The summed E-state index contributed by atoms with van der Waals surface area (Å²) in [5.41, 5.74) is 0. The van der Waals surface area contributed by atoms with Gasteiger partial charge in [-0.05, 0) is 38.5 Å². The zero-order valence-corrected chi connectivity index (χ0v) is 12.7. The highest BCUT2D eigenvalue weighted by Crippen LogP contribution is 2.40. The largest absolute Gasteiger partial charge is 0.294 e. The van der Waals surface area contributed by atoms with Crippen LogP contribution in [-0.2, 0) is 0 Å². The molecule has 2 heterocycles. The molecule has 0 aromatic carbocycles. The molecule has 2 saturated heterocycles. The Balaban J connectivity index is 1.76. The van der Waals surface area contributed by atoms with Crippen LogP contribution < -0.4 is 0 Å². The van der Waals surface area contributed by atoms with Gasteiger partial charge in [-0.1, -0.05) is 52.4 Å². The van der Waals surface area contributed by atoms with Gasteiger partial charge in [-0.2, -0.15) is 0 Å². The van der Waals surface area contributed by atoms with Crippen LogP contribution in [0.1, 0.15) is 90.9 Å². The Morgan fingerprint density at radius 1 is 0.722 bits per heavy atom. The fraction of sp³-hybridized carbons (Fsp3) is 1.00. The van der Waals surface area contributed by atoms with Gasteiger partial charge in [0.1, 0.15) is 0 Å². The molecule has 0 aromatic heterocycles. The highest BCUT2D eigenvalue weighted by molar-refractivity contribution is 4.97. The van der Waals surface area contributed by atoms with Gasteiger partial charge in [-0.25, -0.2) is 0 Å². The first-order valence-corrected chi connectivity index (χ1v) is 8.64.